The summed E-state index contributed by atoms with van der Waals surface area (Å²) in [4.78, 5) is 36.6. The van der Waals surface area contributed by atoms with Gasteiger partial charge in [0.2, 0.25) is 5.91 Å². The molecule has 0 aliphatic carbocycles. The molecule has 0 aromatic carbocycles. The number of carbonyl (C=O) groups excluding carboxylic acids is 3. The number of carbonyl (C=O) groups is 3. The van der Waals surface area contributed by atoms with Crippen LogP contribution in [0, 0.1) is 5.92 Å². The minimum absolute atomic E-state index is 0.184. The monoisotopic (exact) mass is 269 g/mol. The van der Waals surface area contributed by atoms with E-state index >= 15 is 0 Å². The van der Waals surface area contributed by atoms with E-state index in [0.29, 0.717) is 25.9 Å². The van der Waals surface area contributed by atoms with E-state index in [2.05, 4.69) is 10.6 Å². The second-order valence-electron chi connectivity index (χ2n) is 4.81. The average molecular weight is 269 g/mol. The number of hydrogen-bond donors (Lipinski definition) is 2. The number of urea groups is 2. The maximum atomic E-state index is 11.7. The van der Waals surface area contributed by atoms with Crippen LogP contribution >= 0.6 is 0 Å². The zero-order valence-corrected chi connectivity index (χ0v) is 11.7. The lowest BCUT2D eigenvalue weighted by Crippen LogP contribution is -2.50. The van der Waals surface area contributed by atoms with Gasteiger partial charge in [0.05, 0.1) is 0 Å². The molecule has 1 fully saturated rings. The molecule has 6 heteroatoms. The Kier molecular flexibility index (Phi) is 6.32. The topological polar surface area (TPSA) is 78.5 Å². The fraction of sp³-hybridized carbons (Fsp3) is 0.769. The van der Waals surface area contributed by atoms with Gasteiger partial charge in [0.25, 0.3) is 0 Å². The highest BCUT2D eigenvalue weighted by molar-refractivity contribution is 6.02. The zero-order chi connectivity index (χ0) is 14.3. The first-order valence-corrected chi connectivity index (χ1v) is 6.99. The molecule has 1 aliphatic heterocycles. The normalized spacial score (nSPS) is 15.2. The summed E-state index contributed by atoms with van der Waals surface area (Å²) in [5.74, 6) is -0.509. The summed E-state index contributed by atoms with van der Waals surface area (Å²) in [5, 5.41) is 4.42. The molecular formula is C13H23N3O3. The van der Waals surface area contributed by atoms with Crippen LogP contribution in [0.15, 0.2) is 0 Å². The molecule has 1 saturated heterocycles. The van der Waals surface area contributed by atoms with Gasteiger partial charge in [0.15, 0.2) is 0 Å². The Morgan fingerprint density at radius 3 is 2.11 bits per heavy atom. The van der Waals surface area contributed by atoms with Crippen molar-refractivity contribution in [2.75, 3.05) is 13.1 Å². The van der Waals surface area contributed by atoms with Crippen LogP contribution in [0.1, 0.15) is 46.0 Å². The Bertz CT molecular complexity index is 334. The highest BCUT2D eigenvalue weighted by Crippen LogP contribution is 2.09. The molecule has 0 spiro atoms. The zero-order valence-electron chi connectivity index (χ0n) is 11.7. The third-order valence-electron chi connectivity index (χ3n) is 3.46. The van der Waals surface area contributed by atoms with Crippen molar-refractivity contribution in [3.63, 3.8) is 0 Å². The number of rotatable bonds is 3. The van der Waals surface area contributed by atoms with Gasteiger partial charge in [0.1, 0.15) is 0 Å². The van der Waals surface area contributed by atoms with Crippen LogP contribution in [-0.4, -0.2) is 36.0 Å². The minimum atomic E-state index is -0.729. The summed E-state index contributed by atoms with van der Waals surface area (Å²) in [5.41, 5.74) is 0. The van der Waals surface area contributed by atoms with Crippen molar-refractivity contribution in [3.8, 4) is 0 Å². The molecule has 0 aromatic rings. The number of amides is 5. The minimum Gasteiger partial charge on any atom is -0.324 e. The highest BCUT2D eigenvalue weighted by Gasteiger charge is 2.21. The molecule has 1 aliphatic rings. The molecule has 0 unspecified atom stereocenters. The summed E-state index contributed by atoms with van der Waals surface area (Å²) >= 11 is 0. The van der Waals surface area contributed by atoms with Crippen LogP contribution in [0.25, 0.3) is 0 Å². The molecule has 0 radical (unpaired) electrons. The molecule has 6 nitrogen and oxygen atoms in total. The van der Waals surface area contributed by atoms with E-state index in [1.54, 1.807) is 4.90 Å². The van der Waals surface area contributed by atoms with Crippen molar-refractivity contribution in [3.05, 3.63) is 0 Å². The van der Waals surface area contributed by atoms with Gasteiger partial charge in [-0.2, -0.15) is 0 Å². The van der Waals surface area contributed by atoms with E-state index in [1.807, 2.05) is 13.8 Å². The second-order valence-corrected chi connectivity index (χ2v) is 4.81. The number of imide groups is 2. The Morgan fingerprint density at radius 1 is 1.00 bits per heavy atom. The summed E-state index contributed by atoms with van der Waals surface area (Å²) in [6.45, 7) is 5.12. The number of nitrogens with zero attached hydrogens (tertiary/aromatic N) is 1. The first kappa shape index (κ1) is 15.5. The van der Waals surface area contributed by atoms with Crippen molar-refractivity contribution >= 4 is 18.0 Å². The maximum absolute atomic E-state index is 11.7. The standard InChI is InChI=1S/C13H23N3O3/c1-3-10(4-2)11(17)14-12(18)15-13(19)16-8-6-5-7-9-16/h10H,3-9H2,1-2H3,(H2,14,15,17,18,19). The first-order chi connectivity index (χ1) is 9.08. The molecule has 0 saturated carbocycles. The Hall–Kier alpha value is -1.59. The van der Waals surface area contributed by atoms with E-state index in [-0.39, 0.29) is 11.8 Å². The molecule has 1 rings (SSSR count). The fourth-order valence-electron chi connectivity index (χ4n) is 2.18. The molecule has 0 atom stereocenters. The van der Waals surface area contributed by atoms with Crippen molar-refractivity contribution in [1.82, 2.24) is 15.5 Å². The second kappa shape index (κ2) is 7.76. The smallest absolute Gasteiger partial charge is 0.324 e. The quantitative estimate of drug-likeness (QED) is 0.820. The fourth-order valence-corrected chi connectivity index (χ4v) is 2.18. The third kappa shape index (κ3) is 4.89. The Balaban J connectivity index is 2.37. The van der Waals surface area contributed by atoms with Crippen molar-refractivity contribution in [2.24, 2.45) is 5.92 Å². The van der Waals surface area contributed by atoms with E-state index in [0.717, 1.165) is 19.3 Å². The lowest BCUT2D eigenvalue weighted by Gasteiger charge is -2.26. The molecule has 108 valence electrons. The Labute approximate surface area is 113 Å². The summed E-state index contributed by atoms with van der Waals surface area (Å²) in [6.07, 6.45) is 4.39. The van der Waals surface area contributed by atoms with E-state index < -0.39 is 12.1 Å². The number of likely N-dealkylation sites (tertiary alicyclic amines) is 1. The van der Waals surface area contributed by atoms with Crippen LogP contribution in [0.4, 0.5) is 9.59 Å². The van der Waals surface area contributed by atoms with E-state index in [1.165, 1.54) is 0 Å². The molecule has 19 heavy (non-hydrogen) atoms. The first-order valence-electron chi connectivity index (χ1n) is 6.99. The number of hydrogen-bond acceptors (Lipinski definition) is 3. The molecular weight excluding hydrogens is 246 g/mol. The van der Waals surface area contributed by atoms with Gasteiger partial charge >= 0.3 is 12.1 Å². The van der Waals surface area contributed by atoms with Crippen LogP contribution in [-0.2, 0) is 4.79 Å². The predicted octanol–water partition coefficient (Wildman–Crippen LogP) is 1.85. The van der Waals surface area contributed by atoms with Gasteiger partial charge in [0, 0.05) is 19.0 Å². The van der Waals surface area contributed by atoms with Crippen LogP contribution in [0.3, 0.4) is 0 Å². The molecule has 5 amide bonds. The predicted molar refractivity (Wildman–Crippen MR) is 71.6 cm³/mol. The molecule has 2 N–H and O–H groups in total. The van der Waals surface area contributed by atoms with E-state index in [9.17, 15) is 14.4 Å². The van der Waals surface area contributed by atoms with Crippen LogP contribution in [0.2, 0.25) is 0 Å². The van der Waals surface area contributed by atoms with Crippen molar-refractivity contribution in [1.29, 1.82) is 0 Å². The lowest BCUT2D eigenvalue weighted by atomic mass is 10.0. The van der Waals surface area contributed by atoms with Gasteiger partial charge in [-0.3, -0.25) is 15.4 Å². The maximum Gasteiger partial charge on any atom is 0.329 e. The summed E-state index contributed by atoms with van der Waals surface area (Å²) in [6, 6.07) is -1.15. The molecule has 0 bridgehead atoms. The molecule has 0 aromatic heterocycles. The molecule has 1 heterocycles. The highest BCUT2D eigenvalue weighted by atomic mass is 16.2. The number of nitrogens with one attached hydrogen (secondary N) is 2. The Morgan fingerprint density at radius 2 is 1.58 bits per heavy atom. The van der Waals surface area contributed by atoms with Crippen molar-refractivity contribution in [2.45, 2.75) is 46.0 Å². The third-order valence-corrected chi connectivity index (χ3v) is 3.46. The van der Waals surface area contributed by atoms with E-state index in [4.69, 9.17) is 0 Å². The van der Waals surface area contributed by atoms with Gasteiger partial charge in [-0.1, -0.05) is 13.8 Å². The van der Waals surface area contributed by atoms with Gasteiger partial charge in [-0.05, 0) is 32.1 Å². The summed E-state index contributed by atoms with van der Waals surface area (Å²) < 4.78 is 0. The average Bonchev–Trinajstić information content (AvgIpc) is 2.40. The summed E-state index contributed by atoms with van der Waals surface area (Å²) in [7, 11) is 0. The van der Waals surface area contributed by atoms with Gasteiger partial charge in [-0.15, -0.1) is 0 Å². The van der Waals surface area contributed by atoms with Crippen LogP contribution < -0.4 is 10.6 Å². The van der Waals surface area contributed by atoms with Crippen LogP contribution in [0.5, 0.6) is 0 Å². The van der Waals surface area contributed by atoms with Gasteiger partial charge < -0.3 is 4.90 Å². The largest absolute Gasteiger partial charge is 0.329 e. The lowest BCUT2D eigenvalue weighted by molar-refractivity contribution is -0.124. The van der Waals surface area contributed by atoms with Crippen molar-refractivity contribution < 1.29 is 14.4 Å². The SMILES string of the molecule is CCC(CC)C(=O)NC(=O)NC(=O)N1CCCCC1. The number of piperidine rings is 1. The van der Waals surface area contributed by atoms with Gasteiger partial charge in [-0.25, -0.2) is 9.59 Å².